The normalized spacial score (nSPS) is 12.1. The van der Waals surface area contributed by atoms with Crippen LogP contribution in [0.1, 0.15) is 49.8 Å². The highest BCUT2D eigenvalue weighted by Gasteiger charge is 2.28. The molecule has 0 saturated heterocycles. The van der Waals surface area contributed by atoms with E-state index in [1.54, 1.807) is 4.90 Å². The molecule has 1 N–H and O–H groups in total. The molecule has 0 aliphatic rings. The van der Waals surface area contributed by atoms with Crippen LogP contribution in [0.3, 0.4) is 0 Å². The van der Waals surface area contributed by atoms with E-state index in [0.717, 1.165) is 16.7 Å². The van der Waals surface area contributed by atoms with Crippen molar-refractivity contribution in [2.45, 2.75) is 59.5 Å². The number of amides is 2. The highest BCUT2D eigenvalue weighted by molar-refractivity contribution is 7.92. The Hall–Kier alpha value is -2.87. The fraction of sp³-hybridized carbons (Fsp3) is 0.462. The molecule has 2 aromatic carbocycles. The molecule has 0 aromatic heterocycles. The average molecular weight is 488 g/mol. The summed E-state index contributed by atoms with van der Waals surface area (Å²) in [5.41, 5.74) is 3.39. The Kier molecular flexibility index (Phi) is 10.1. The summed E-state index contributed by atoms with van der Waals surface area (Å²) in [6.07, 6.45) is 2.15. The van der Waals surface area contributed by atoms with Gasteiger partial charge in [0.2, 0.25) is 21.8 Å². The van der Waals surface area contributed by atoms with Gasteiger partial charge in [-0.25, -0.2) is 8.42 Å². The highest BCUT2D eigenvalue weighted by atomic mass is 32.2. The third-order valence-corrected chi connectivity index (χ3v) is 6.90. The summed E-state index contributed by atoms with van der Waals surface area (Å²) in [6, 6.07) is 14.7. The standard InChI is InChI=1S/C26H37N3O4S/c1-6-23(26(31)27-7-2)28(19-22-12-9-8-10-13-22)25(30)14-11-17-29(34(5,32)33)24-18-20(3)15-16-21(24)4/h8-10,12-13,15-16,18,23H,6-7,11,14,17,19H2,1-5H3,(H,27,31). The van der Waals surface area contributed by atoms with Crippen molar-refractivity contribution in [2.24, 2.45) is 0 Å². The number of likely N-dealkylation sites (N-methyl/N-ethyl adjacent to an activating group) is 1. The van der Waals surface area contributed by atoms with Gasteiger partial charge in [-0.15, -0.1) is 0 Å². The Labute approximate surface area is 204 Å². The second-order valence-electron chi connectivity index (χ2n) is 8.55. The van der Waals surface area contributed by atoms with Crippen LogP contribution in [0.25, 0.3) is 0 Å². The summed E-state index contributed by atoms with van der Waals surface area (Å²) < 4.78 is 26.4. The minimum atomic E-state index is -3.52. The van der Waals surface area contributed by atoms with Gasteiger partial charge in [-0.3, -0.25) is 13.9 Å². The van der Waals surface area contributed by atoms with E-state index in [0.29, 0.717) is 31.6 Å². The fourth-order valence-corrected chi connectivity index (χ4v) is 4.98. The van der Waals surface area contributed by atoms with Crippen molar-refractivity contribution in [2.75, 3.05) is 23.7 Å². The summed E-state index contributed by atoms with van der Waals surface area (Å²) in [5, 5.41) is 2.82. The summed E-state index contributed by atoms with van der Waals surface area (Å²) in [5.74, 6) is -0.348. The summed E-state index contributed by atoms with van der Waals surface area (Å²) in [7, 11) is -3.52. The molecule has 7 nitrogen and oxygen atoms in total. The van der Waals surface area contributed by atoms with Crippen molar-refractivity contribution in [3.05, 3.63) is 65.2 Å². The van der Waals surface area contributed by atoms with Crippen LogP contribution < -0.4 is 9.62 Å². The molecule has 2 rings (SSSR count). The topological polar surface area (TPSA) is 86.8 Å². The minimum Gasteiger partial charge on any atom is -0.355 e. The molecular formula is C26H37N3O4S. The lowest BCUT2D eigenvalue weighted by Crippen LogP contribution is -2.49. The molecule has 1 unspecified atom stereocenters. The molecule has 0 heterocycles. The molecule has 0 aliphatic carbocycles. The molecule has 2 aromatic rings. The largest absolute Gasteiger partial charge is 0.355 e. The Bertz CT molecular complexity index is 1070. The number of benzene rings is 2. The molecule has 8 heteroatoms. The van der Waals surface area contributed by atoms with Crippen LogP contribution in [0.4, 0.5) is 5.69 Å². The van der Waals surface area contributed by atoms with Crippen molar-refractivity contribution in [1.29, 1.82) is 0 Å². The van der Waals surface area contributed by atoms with Gasteiger partial charge in [-0.05, 0) is 56.4 Å². The number of sulfonamides is 1. The molecule has 34 heavy (non-hydrogen) atoms. The Balaban J connectivity index is 2.21. The summed E-state index contributed by atoms with van der Waals surface area (Å²) >= 11 is 0. The molecule has 0 radical (unpaired) electrons. The number of carbonyl (C=O) groups excluding carboxylic acids is 2. The molecule has 186 valence electrons. The van der Waals surface area contributed by atoms with Crippen molar-refractivity contribution in [3.63, 3.8) is 0 Å². The highest BCUT2D eigenvalue weighted by Crippen LogP contribution is 2.25. The van der Waals surface area contributed by atoms with Gasteiger partial charge in [0.05, 0.1) is 11.9 Å². The maximum absolute atomic E-state index is 13.3. The van der Waals surface area contributed by atoms with Gasteiger partial charge >= 0.3 is 0 Å². The molecule has 0 saturated carbocycles. The minimum absolute atomic E-state index is 0.139. The predicted octanol–water partition coefficient (Wildman–Crippen LogP) is 3.79. The third kappa shape index (κ3) is 7.58. The maximum Gasteiger partial charge on any atom is 0.242 e. The van der Waals surface area contributed by atoms with E-state index in [4.69, 9.17) is 0 Å². The molecule has 1 atom stereocenters. The lowest BCUT2D eigenvalue weighted by atomic mass is 10.1. The van der Waals surface area contributed by atoms with Crippen LogP contribution in [0.2, 0.25) is 0 Å². The van der Waals surface area contributed by atoms with Crippen LogP contribution in [0.15, 0.2) is 48.5 Å². The van der Waals surface area contributed by atoms with Gasteiger partial charge in [-0.2, -0.15) is 0 Å². The average Bonchev–Trinajstić information content (AvgIpc) is 2.78. The number of carbonyl (C=O) groups is 2. The van der Waals surface area contributed by atoms with Gasteiger partial charge in [0.25, 0.3) is 0 Å². The van der Waals surface area contributed by atoms with Crippen LogP contribution in [0, 0.1) is 13.8 Å². The number of nitrogens with one attached hydrogen (secondary N) is 1. The van der Waals surface area contributed by atoms with Crippen LogP contribution in [0.5, 0.6) is 0 Å². The number of hydrogen-bond acceptors (Lipinski definition) is 4. The van der Waals surface area contributed by atoms with E-state index in [-0.39, 0.29) is 24.8 Å². The summed E-state index contributed by atoms with van der Waals surface area (Å²) in [6.45, 7) is 8.52. The fourth-order valence-electron chi connectivity index (χ4n) is 3.96. The van der Waals surface area contributed by atoms with E-state index < -0.39 is 16.1 Å². The maximum atomic E-state index is 13.3. The molecule has 2 amide bonds. The van der Waals surface area contributed by atoms with Crippen molar-refractivity contribution >= 4 is 27.5 Å². The van der Waals surface area contributed by atoms with Gasteiger partial charge in [0.15, 0.2) is 0 Å². The first kappa shape index (κ1) is 27.4. The molecular weight excluding hydrogens is 450 g/mol. The lowest BCUT2D eigenvalue weighted by Gasteiger charge is -2.31. The zero-order chi connectivity index (χ0) is 25.3. The zero-order valence-electron chi connectivity index (χ0n) is 20.9. The van der Waals surface area contributed by atoms with E-state index in [1.165, 1.54) is 10.6 Å². The lowest BCUT2D eigenvalue weighted by molar-refractivity contribution is -0.141. The van der Waals surface area contributed by atoms with Crippen molar-refractivity contribution in [3.8, 4) is 0 Å². The van der Waals surface area contributed by atoms with E-state index >= 15 is 0 Å². The SMILES string of the molecule is CCNC(=O)C(CC)N(Cc1ccccc1)C(=O)CCCN(c1cc(C)ccc1C)S(C)(=O)=O. The van der Waals surface area contributed by atoms with Crippen LogP contribution in [-0.2, 0) is 26.2 Å². The first-order valence-electron chi connectivity index (χ1n) is 11.7. The molecule has 0 bridgehead atoms. The Morgan fingerprint density at radius 1 is 1.03 bits per heavy atom. The summed E-state index contributed by atoms with van der Waals surface area (Å²) in [4.78, 5) is 27.6. The van der Waals surface area contributed by atoms with Crippen LogP contribution >= 0.6 is 0 Å². The number of hydrogen-bond donors (Lipinski definition) is 1. The Morgan fingerprint density at radius 2 is 1.71 bits per heavy atom. The first-order valence-corrected chi connectivity index (χ1v) is 13.6. The number of aryl methyl sites for hydroxylation is 2. The zero-order valence-corrected chi connectivity index (χ0v) is 21.7. The van der Waals surface area contributed by atoms with E-state index in [9.17, 15) is 18.0 Å². The smallest absolute Gasteiger partial charge is 0.242 e. The number of anilines is 1. The van der Waals surface area contributed by atoms with Gasteiger partial charge in [0, 0.05) is 26.1 Å². The number of rotatable bonds is 12. The first-order chi connectivity index (χ1) is 16.1. The van der Waals surface area contributed by atoms with E-state index in [1.807, 2.05) is 76.2 Å². The molecule has 0 spiro atoms. The van der Waals surface area contributed by atoms with Crippen LogP contribution in [-0.4, -0.2) is 50.5 Å². The Morgan fingerprint density at radius 3 is 2.29 bits per heavy atom. The van der Waals surface area contributed by atoms with E-state index in [2.05, 4.69) is 5.32 Å². The van der Waals surface area contributed by atoms with Gasteiger partial charge in [0.1, 0.15) is 6.04 Å². The second kappa shape index (κ2) is 12.6. The monoisotopic (exact) mass is 487 g/mol. The number of nitrogens with zero attached hydrogens (tertiary/aromatic N) is 2. The second-order valence-corrected chi connectivity index (χ2v) is 10.5. The predicted molar refractivity (Wildman–Crippen MR) is 137 cm³/mol. The quantitative estimate of drug-likeness (QED) is 0.493. The molecule has 0 fully saturated rings. The van der Waals surface area contributed by atoms with Crippen molar-refractivity contribution < 1.29 is 18.0 Å². The molecule has 0 aliphatic heterocycles. The van der Waals surface area contributed by atoms with Gasteiger partial charge in [-0.1, -0.05) is 49.4 Å². The van der Waals surface area contributed by atoms with Crippen molar-refractivity contribution in [1.82, 2.24) is 10.2 Å². The third-order valence-electron chi connectivity index (χ3n) is 5.72. The van der Waals surface area contributed by atoms with Gasteiger partial charge < -0.3 is 10.2 Å².